The second kappa shape index (κ2) is 11.3. The van der Waals surface area contributed by atoms with Gasteiger partial charge in [0.1, 0.15) is 40.5 Å². The Labute approximate surface area is 250 Å². The zero-order valence-corrected chi connectivity index (χ0v) is 23.6. The summed E-state index contributed by atoms with van der Waals surface area (Å²) in [5.74, 6) is -2.82. The number of ether oxygens (including phenoxy) is 2. The van der Waals surface area contributed by atoms with Crippen LogP contribution in [0.5, 0.6) is 11.5 Å². The number of aliphatic hydroxyl groups is 1. The predicted molar refractivity (Wildman–Crippen MR) is 146 cm³/mol. The van der Waals surface area contributed by atoms with Crippen LogP contribution in [0, 0.1) is 5.82 Å². The first kappa shape index (κ1) is 31.6. The van der Waals surface area contributed by atoms with Gasteiger partial charge >= 0.3 is 12.7 Å². The van der Waals surface area contributed by atoms with Gasteiger partial charge in [-0.05, 0) is 48.9 Å². The second-order valence-corrected chi connectivity index (χ2v) is 10.4. The molecule has 45 heavy (non-hydrogen) atoms. The lowest BCUT2D eigenvalue weighted by Crippen LogP contribution is -2.52. The van der Waals surface area contributed by atoms with E-state index in [4.69, 9.17) is 15.2 Å². The van der Waals surface area contributed by atoms with Gasteiger partial charge in [-0.15, -0.1) is 0 Å². The van der Waals surface area contributed by atoms with Crippen molar-refractivity contribution < 1.29 is 50.5 Å². The zero-order chi connectivity index (χ0) is 32.9. The van der Waals surface area contributed by atoms with E-state index in [1.165, 1.54) is 19.2 Å². The number of benzene rings is 2. The molecule has 0 saturated heterocycles. The van der Waals surface area contributed by atoms with Gasteiger partial charge in [0.25, 0.3) is 5.91 Å². The van der Waals surface area contributed by atoms with E-state index < -0.39 is 53.6 Å². The fourth-order valence-corrected chi connectivity index (χ4v) is 5.15. The standard InChI is InChI=1S/C29H25F6N5O5/c1-3-27(25(36)42)13-45-23-18(27)10-20(38-22(23)14-4-6-17(30)7-5-14)28(43,29(33,34)35)12-37-24(41)15-8-16-11-40(26(31)32)39-21(16)19(9-15)44-2/h4-11,26,43H,3,12-13H2,1-2H3,(H2,36,42)(H,37,41)/t27-,28+/m1/s1. The van der Waals surface area contributed by atoms with Crippen molar-refractivity contribution in [2.24, 2.45) is 5.73 Å². The Bertz CT molecular complexity index is 1800. The SMILES string of the molecule is CC[C@@]1(C(N)=O)COc2c1cc([C@@](O)(CNC(=O)c1cc(OC)c3nn(C(F)F)cc3c1)C(F)(F)F)nc2-c1ccc(F)cc1. The maximum absolute atomic E-state index is 14.7. The maximum atomic E-state index is 14.7. The zero-order valence-electron chi connectivity index (χ0n) is 23.6. The highest BCUT2D eigenvalue weighted by Crippen LogP contribution is 2.49. The lowest BCUT2D eigenvalue weighted by molar-refractivity contribution is -0.265. The molecule has 16 heteroatoms. The minimum Gasteiger partial charge on any atom is -0.494 e. The number of fused-ring (bicyclic) bond motifs is 2. The molecule has 1 aliphatic heterocycles. The molecule has 5 rings (SSSR count). The van der Waals surface area contributed by atoms with E-state index in [0.29, 0.717) is 4.68 Å². The Balaban J connectivity index is 1.59. The van der Waals surface area contributed by atoms with Crippen LogP contribution >= 0.6 is 0 Å². The first-order chi connectivity index (χ1) is 21.1. The highest BCUT2D eigenvalue weighted by molar-refractivity contribution is 6.00. The van der Waals surface area contributed by atoms with Crippen molar-refractivity contribution in [3.63, 3.8) is 0 Å². The molecule has 4 aromatic rings. The lowest BCUT2D eigenvalue weighted by Gasteiger charge is -2.32. The molecule has 0 bridgehead atoms. The van der Waals surface area contributed by atoms with Crippen LogP contribution in [0.2, 0.25) is 0 Å². The highest BCUT2D eigenvalue weighted by atomic mass is 19.4. The number of hydrogen-bond acceptors (Lipinski definition) is 7. The molecule has 0 fully saturated rings. The molecule has 0 spiro atoms. The van der Waals surface area contributed by atoms with Gasteiger partial charge in [0, 0.05) is 28.3 Å². The fraction of sp³-hybridized carbons (Fsp3) is 0.310. The molecular weight excluding hydrogens is 612 g/mol. The molecule has 4 N–H and O–H groups in total. The number of hydrogen-bond donors (Lipinski definition) is 3. The van der Waals surface area contributed by atoms with E-state index in [1.807, 2.05) is 5.32 Å². The number of rotatable bonds is 9. The van der Waals surface area contributed by atoms with Crippen LogP contribution in [0.1, 0.15) is 41.5 Å². The Kier molecular flexibility index (Phi) is 7.89. The number of halogens is 6. The minimum absolute atomic E-state index is 0.0205. The number of nitrogens with two attached hydrogens (primary N) is 1. The number of nitrogens with one attached hydrogen (secondary N) is 1. The number of amides is 2. The maximum Gasteiger partial charge on any atom is 0.424 e. The molecule has 2 amide bonds. The molecule has 3 heterocycles. The number of pyridine rings is 1. The molecule has 0 aliphatic carbocycles. The van der Waals surface area contributed by atoms with Crippen molar-refractivity contribution in [2.75, 3.05) is 20.3 Å². The number of nitrogens with zero attached hydrogens (tertiary/aromatic N) is 3. The summed E-state index contributed by atoms with van der Waals surface area (Å²) in [7, 11) is 1.19. The fourth-order valence-electron chi connectivity index (χ4n) is 5.15. The average molecular weight is 638 g/mol. The first-order valence-corrected chi connectivity index (χ1v) is 13.3. The number of carbonyl (C=O) groups excluding carboxylic acids is 2. The molecule has 10 nitrogen and oxygen atoms in total. The van der Waals surface area contributed by atoms with E-state index in [0.717, 1.165) is 36.5 Å². The van der Waals surface area contributed by atoms with Gasteiger partial charge < -0.3 is 25.6 Å². The predicted octanol–water partition coefficient (Wildman–Crippen LogP) is 4.35. The summed E-state index contributed by atoms with van der Waals surface area (Å²) in [5, 5.41) is 17.0. The summed E-state index contributed by atoms with van der Waals surface area (Å²) in [6.07, 6.45) is -4.49. The summed E-state index contributed by atoms with van der Waals surface area (Å²) < 4.78 is 95.3. The molecule has 238 valence electrons. The van der Waals surface area contributed by atoms with Gasteiger partial charge in [0.05, 0.1) is 19.3 Å². The Morgan fingerprint density at radius 1 is 1.20 bits per heavy atom. The van der Waals surface area contributed by atoms with Crippen molar-refractivity contribution in [3.8, 4) is 22.8 Å². The third-order valence-electron chi connectivity index (χ3n) is 7.82. The number of primary amides is 1. The molecular formula is C29H25F6N5O5. The van der Waals surface area contributed by atoms with Crippen molar-refractivity contribution in [1.82, 2.24) is 20.1 Å². The molecule has 2 aromatic carbocycles. The number of aromatic nitrogens is 3. The monoisotopic (exact) mass is 637 g/mol. The van der Waals surface area contributed by atoms with Gasteiger partial charge in [-0.3, -0.25) is 9.59 Å². The molecule has 0 saturated carbocycles. The first-order valence-electron chi connectivity index (χ1n) is 13.3. The van der Waals surface area contributed by atoms with Gasteiger partial charge in [-0.2, -0.15) is 27.1 Å². The van der Waals surface area contributed by atoms with Crippen LogP contribution in [0.4, 0.5) is 26.3 Å². The van der Waals surface area contributed by atoms with E-state index in [-0.39, 0.29) is 57.8 Å². The highest BCUT2D eigenvalue weighted by Gasteiger charge is 2.58. The molecule has 1 aliphatic rings. The van der Waals surface area contributed by atoms with Crippen molar-refractivity contribution in [1.29, 1.82) is 0 Å². The molecule has 2 aromatic heterocycles. The molecule has 2 atom stereocenters. The summed E-state index contributed by atoms with van der Waals surface area (Å²) in [6.45, 7) is -3.21. The third-order valence-corrected chi connectivity index (χ3v) is 7.82. The minimum atomic E-state index is -5.44. The summed E-state index contributed by atoms with van der Waals surface area (Å²) >= 11 is 0. The van der Waals surface area contributed by atoms with E-state index in [2.05, 4.69) is 10.1 Å². The van der Waals surface area contributed by atoms with E-state index in [1.54, 1.807) is 6.92 Å². The number of methoxy groups -OCH3 is 1. The van der Waals surface area contributed by atoms with E-state index >= 15 is 0 Å². The van der Waals surface area contributed by atoms with Crippen molar-refractivity contribution in [3.05, 3.63) is 71.3 Å². The summed E-state index contributed by atoms with van der Waals surface area (Å²) in [5.41, 5.74) is -1.21. The number of carbonyl (C=O) groups is 2. The van der Waals surface area contributed by atoms with Crippen molar-refractivity contribution >= 4 is 22.7 Å². The number of alkyl halides is 5. The Morgan fingerprint density at radius 2 is 1.89 bits per heavy atom. The average Bonchev–Trinajstić information content (AvgIpc) is 3.61. The summed E-state index contributed by atoms with van der Waals surface area (Å²) in [6, 6.07) is 7.61. The normalized spacial score (nSPS) is 17.6. The van der Waals surface area contributed by atoms with Crippen molar-refractivity contribution in [2.45, 2.75) is 37.1 Å². The van der Waals surface area contributed by atoms with Crippen LogP contribution in [0.15, 0.2) is 48.7 Å². The topological polar surface area (TPSA) is 142 Å². The van der Waals surface area contributed by atoms with Crippen LogP contribution in [0.25, 0.3) is 22.2 Å². The van der Waals surface area contributed by atoms with Crippen LogP contribution in [0.3, 0.4) is 0 Å². The Hall–Kier alpha value is -4.86. The van der Waals surface area contributed by atoms with Gasteiger partial charge in [-0.25, -0.2) is 14.1 Å². The largest absolute Gasteiger partial charge is 0.494 e. The van der Waals surface area contributed by atoms with Crippen LogP contribution < -0.4 is 20.5 Å². The van der Waals surface area contributed by atoms with Crippen LogP contribution in [-0.2, 0) is 15.8 Å². The quantitative estimate of drug-likeness (QED) is 0.232. The lowest BCUT2D eigenvalue weighted by atomic mass is 9.78. The van der Waals surface area contributed by atoms with Gasteiger partial charge in [0.2, 0.25) is 11.5 Å². The summed E-state index contributed by atoms with van der Waals surface area (Å²) in [4.78, 5) is 29.7. The molecule has 0 unspecified atom stereocenters. The van der Waals surface area contributed by atoms with Crippen LogP contribution in [-0.4, -0.2) is 58.1 Å². The second-order valence-electron chi connectivity index (χ2n) is 10.4. The van der Waals surface area contributed by atoms with Gasteiger partial charge in [0.15, 0.2) is 0 Å². The third kappa shape index (κ3) is 5.28. The Morgan fingerprint density at radius 3 is 2.47 bits per heavy atom. The molecule has 0 radical (unpaired) electrons. The smallest absolute Gasteiger partial charge is 0.424 e. The van der Waals surface area contributed by atoms with E-state index in [9.17, 15) is 41.0 Å². The van der Waals surface area contributed by atoms with Gasteiger partial charge in [-0.1, -0.05) is 6.92 Å².